The summed E-state index contributed by atoms with van der Waals surface area (Å²) < 4.78 is 38.4. The van der Waals surface area contributed by atoms with Gasteiger partial charge in [-0.05, 0) is 31.9 Å². The number of hydrogen-bond acceptors (Lipinski definition) is 6. The molecule has 2 aromatic carbocycles. The van der Waals surface area contributed by atoms with Gasteiger partial charge in [-0.1, -0.05) is 35.9 Å². The van der Waals surface area contributed by atoms with Gasteiger partial charge in [-0.25, -0.2) is 23.3 Å². The van der Waals surface area contributed by atoms with Crippen LogP contribution in [0.25, 0.3) is 22.0 Å². The minimum atomic E-state index is -3.92. The number of aryl methyl sites for hydroxylation is 2. The number of carbonyl (C=O) groups excluding carboxylic acids is 1. The van der Waals surface area contributed by atoms with Gasteiger partial charge in [0.2, 0.25) is 0 Å². The van der Waals surface area contributed by atoms with Gasteiger partial charge in [-0.2, -0.15) is 0 Å². The smallest absolute Gasteiger partial charge is 0.264 e. The van der Waals surface area contributed by atoms with Crippen LogP contribution in [-0.4, -0.2) is 40.1 Å². The summed E-state index contributed by atoms with van der Waals surface area (Å²) in [6, 6.07) is 10.2. The second-order valence-electron chi connectivity index (χ2n) is 7.63. The Labute approximate surface area is 178 Å². The summed E-state index contributed by atoms with van der Waals surface area (Å²) in [6.45, 7) is 2.89. The highest BCUT2D eigenvalue weighted by atomic mass is 32.2. The molecule has 0 spiro atoms. The number of nitrogens with one attached hydrogen (secondary N) is 1. The summed E-state index contributed by atoms with van der Waals surface area (Å²) >= 11 is 0. The molecule has 1 amide bonds. The number of aromatic nitrogens is 2. The molecule has 3 aromatic rings. The molecule has 1 atom stereocenters. The fraction of sp³-hybridized carbons (Fsp3) is 0.286. The largest absolute Gasteiger partial charge is 0.299 e. The Balaban J connectivity index is 2.00. The molecule has 0 unspecified atom stereocenters. The van der Waals surface area contributed by atoms with Gasteiger partial charge in [0.25, 0.3) is 11.5 Å². The Morgan fingerprint density at radius 2 is 1.87 bits per heavy atom. The molecular weight excluding hydrogens is 425 g/mol. The summed E-state index contributed by atoms with van der Waals surface area (Å²) in [6.07, 6.45) is 1.69. The van der Waals surface area contributed by atoms with Crippen LogP contribution >= 0.6 is 0 Å². The monoisotopic (exact) mass is 447 g/mol. The third kappa shape index (κ3) is 4.08. The Morgan fingerprint density at radius 3 is 2.45 bits per heavy atom. The molecule has 0 saturated heterocycles. The maximum atomic E-state index is 15.1. The normalized spacial score (nSPS) is 13.7. The van der Waals surface area contributed by atoms with E-state index in [1.54, 1.807) is 12.1 Å². The van der Waals surface area contributed by atoms with E-state index in [1.165, 1.54) is 17.6 Å². The van der Waals surface area contributed by atoms with Crippen LogP contribution in [0.4, 0.5) is 4.39 Å². The number of sulfone groups is 1. The summed E-state index contributed by atoms with van der Waals surface area (Å²) in [5.74, 6) is -1.74. The molecule has 31 heavy (non-hydrogen) atoms. The number of amides is 1. The average Bonchev–Trinajstić information content (AvgIpc) is 2.73. The van der Waals surface area contributed by atoms with Crippen LogP contribution in [0.1, 0.15) is 18.9 Å². The minimum Gasteiger partial charge on any atom is -0.299 e. The number of benzene rings is 2. The second-order valence-corrected chi connectivity index (χ2v) is 10.1. The Hall–Kier alpha value is -3.11. The molecule has 164 valence electrons. The van der Waals surface area contributed by atoms with E-state index in [9.17, 15) is 18.0 Å². The molecule has 10 heteroatoms. The molecule has 0 radical (unpaired) electrons. The summed E-state index contributed by atoms with van der Waals surface area (Å²) in [5, 5.41) is 8.94. The van der Waals surface area contributed by atoms with Gasteiger partial charge in [-0.3, -0.25) is 19.4 Å². The maximum absolute atomic E-state index is 15.1. The quantitative estimate of drug-likeness (QED) is 0.442. The van der Waals surface area contributed by atoms with Crippen molar-refractivity contribution >= 4 is 26.6 Å². The number of nitrogens with zero attached hydrogens (tertiary/aromatic N) is 2. The molecule has 0 aliphatic carbocycles. The average molecular weight is 447 g/mol. The molecule has 0 saturated carbocycles. The highest BCUT2D eigenvalue weighted by Gasteiger charge is 2.43. The van der Waals surface area contributed by atoms with Gasteiger partial charge in [0, 0.05) is 18.4 Å². The maximum Gasteiger partial charge on any atom is 0.264 e. The highest BCUT2D eigenvalue weighted by molar-refractivity contribution is 7.92. The zero-order valence-electron chi connectivity index (χ0n) is 17.2. The zero-order valence-corrected chi connectivity index (χ0v) is 18.0. The van der Waals surface area contributed by atoms with E-state index < -0.39 is 31.9 Å². The van der Waals surface area contributed by atoms with Crippen LogP contribution < -0.4 is 11.0 Å². The number of carbonyl (C=O) groups is 1. The SMILES string of the molecule is Cc1ccc(-c2ccc3c(=O)n(CC[C@](C)(C(=O)NO)S(C)(=O)=O)cnc3c2F)cc1. The first kappa shape index (κ1) is 22.6. The van der Waals surface area contributed by atoms with E-state index >= 15 is 4.39 Å². The van der Waals surface area contributed by atoms with Crippen molar-refractivity contribution in [2.75, 3.05) is 6.26 Å². The van der Waals surface area contributed by atoms with Crippen molar-refractivity contribution in [3.05, 3.63) is 64.5 Å². The van der Waals surface area contributed by atoms with Gasteiger partial charge >= 0.3 is 0 Å². The third-order valence-electron chi connectivity index (χ3n) is 5.53. The molecule has 8 nitrogen and oxygen atoms in total. The van der Waals surface area contributed by atoms with E-state index in [2.05, 4.69) is 4.98 Å². The molecule has 1 heterocycles. The van der Waals surface area contributed by atoms with Crippen LogP contribution in [-0.2, 0) is 21.2 Å². The standard InChI is InChI=1S/C21H22FN3O5S/c1-13-4-6-14(7-5-13)15-8-9-16-18(17(15)22)23-12-25(19(16)26)11-10-21(2,20(27)24-28)31(3,29)30/h4-9,12,28H,10-11H2,1-3H3,(H,24,27)/t21-/m1/s1. The van der Waals surface area contributed by atoms with Crippen molar-refractivity contribution in [3.63, 3.8) is 0 Å². The number of hydroxylamine groups is 1. The molecule has 0 fully saturated rings. The van der Waals surface area contributed by atoms with Gasteiger partial charge in [0.05, 0.1) is 11.7 Å². The van der Waals surface area contributed by atoms with Crippen molar-refractivity contribution in [2.45, 2.75) is 31.6 Å². The molecule has 0 aliphatic heterocycles. The highest BCUT2D eigenvalue weighted by Crippen LogP contribution is 2.27. The summed E-state index contributed by atoms with van der Waals surface area (Å²) in [4.78, 5) is 28.8. The molecular formula is C21H22FN3O5S. The predicted octanol–water partition coefficient (Wildman–Crippen LogP) is 2.21. The van der Waals surface area contributed by atoms with Gasteiger partial charge in [0.1, 0.15) is 5.52 Å². The lowest BCUT2D eigenvalue weighted by atomic mass is 10.0. The molecule has 1 aromatic heterocycles. The van der Waals surface area contributed by atoms with Crippen LogP contribution in [0.5, 0.6) is 0 Å². The van der Waals surface area contributed by atoms with E-state index in [-0.39, 0.29) is 23.9 Å². The second kappa shape index (κ2) is 8.20. The first-order valence-corrected chi connectivity index (χ1v) is 11.3. The Morgan fingerprint density at radius 1 is 1.23 bits per heavy atom. The molecule has 0 aliphatic rings. The van der Waals surface area contributed by atoms with Crippen molar-refractivity contribution in [3.8, 4) is 11.1 Å². The molecule has 0 bridgehead atoms. The van der Waals surface area contributed by atoms with Gasteiger partial charge < -0.3 is 0 Å². The van der Waals surface area contributed by atoms with Crippen molar-refractivity contribution < 1.29 is 22.8 Å². The number of halogens is 1. The zero-order chi connectivity index (χ0) is 23.0. The van der Waals surface area contributed by atoms with E-state index in [4.69, 9.17) is 5.21 Å². The minimum absolute atomic E-state index is 0.0310. The lowest BCUT2D eigenvalue weighted by Gasteiger charge is -2.25. The lowest BCUT2D eigenvalue weighted by molar-refractivity contribution is -0.131. The fourth-order valence-electron chi connectivity index (χ4n) is 3.23. The predicted molar refractivity (Wildman–Crippen MR) is 114 cm³/mol. The van der Waals surface area contributed by atoms with Crippen molar-refractivity contribution in [2.24, 2.45) is 0 Å². The van der Waals surface area contributed by atoms with E-state index in [0.29, 0.717) is 11.1 Å². The van der Waals surface area contributed by atoms with Crippen molar-refractivity contribution in [1.29, 1.82) is 0 Å². The number of rotatable bonds is 6. The molecule has 3 rings (SSSR count). The first-order chi connectivity index (χ1) is 14.5. The summed E-state index contributed by atoms with van der Waals surface area (Å²) in [5.41, 5.74) is 2.67. The lowest BCUT2D eigenvalue weighted by Crippen LogP contribution is -2.50. The van der Waals surface area contributed by atoms with Crippen LogP contribution in [0.3, 0.4) is 0 Å². The van der Waals surface area contributed by atoms with Crippen LogP contribution in [0.2, 0.25) is 0 Å². The van der Waals surface area contributed by atoms with E-state index in [1.807, 2.05) is 19.1 Å². The van der Waals surface area contributed by atoms with Crippen LogP contribution in [0.15, 0.2) is 47.5 Å². The fourth-order valence-corrected chi connectivity index (χ4v) is 4.08. The third-order valence-corrected chi connectivity index (χ3v) is 7.55. The summed E-state index contributed by atoms with van der Waals surface area (Å²) in [7, 11) is -3.92. The number of hydrogen-bond donors (Lipinski definition) is 2. The van der Waals surface area contributed by atoms with Crippen LogP contribution in [0, 0.1) is 12.7 Å². The Bertz CT molecular complexity index is 1320. The Kier molecular flexibility index (Phi) is 5.97. The van der Waals surface area contributed by atoms with Gasteiger partial charge in [-0.15, -0.1) is 0 Å². The van der Waals surface area contributed by atoms with Crippen molar-refractivity contribution in [1.82, 2.24) is 15.0 Å². The topological polar surface area (TPSA) is 118 Å². The van der Waals surface area contributed by atoms with Gasteiger partial charge in [0.15, 0.2) is 20.4 Å². The van der Waals surface area contributed by atoms with E-state index in [0.717, 1.165) is 29.6 Å². The first-order valence-electron chi connectivity index (χ1n) is 9.38. The molecule has 2 N–H and O–H groups in total. The number of fused-ring (bicyclic) bond motifs is 1.